The number of hydrogen-bond donors (Lipinski definition) is 1. The molecule has 0 aliphatic carbocycles. The van der Waals surface area contributed by atoms with Crippen LogP contribution in [0.5, 0.6) is 0 Å². The summed E-state index contributed by atoms with van der Waals surface area (Å²) >= 11 is 0. The highest BCUT2D eigenvalue weighted by Crippen LogP contribution is 2.02. The molecule has 18 heavy (non-hydrogen) atoms. The third-order valence-electron chi connectivity index (χ3n) is 2.22. The van der Waals surface area contributed by atoms with Gasteiger partial charge in [0, 0.05) is 18.0 Å². The van der Waals surface area contributed by atoms with Crippen molar-refractivity contribution in [1.29, 1.82) is 0 Å². The molecule has 0 unspecified atom stereocenters. The first-order chi connectivity index (χ1) is 8.65. The van der Waals surface area contributed by atoms with Crippen molar-refractivity contribution in [3.63, 3.8) is 0 Å². The van der Waals surface area contributed by atoms with Gasteiger partial charge in [0.1, 0.15) is 6.29 Å². The van der Waals surface area contributed by atoms with Crippen LogP contribution in [0.2, 0.25) is 0 Å². The van der Waals surface area contributed by atoms with E-state index < -0.39 is 5.97 Å². The summed E-state index contributed by atoms with van der Waals surface area (Å²) in [5.41, 5.74) is 2.03. The van der Waals surface area contributed by atoms with Gasteiger partial charge in [-0.05, 0) is 24.6 Å². The molecule has 0 aliphatic rings. The van der Waals surface area contributed by atoms with Gasteiger partial charge in [-0.25, -0.2) is 4.79 Å². The summed E-state index contributed by atoms with van der Waals surface area (Å²) in [6, 6.07) is 10.6. The second kappa shape index (κ2) is 6.96. The van der Waals surface area contributed by atoms with Crippen LogP contribution in [0.4, 0.5) is 0 Å². The van der Waals surface area contributed by atoms with Crippen molar-refractivity contribution in [3.05, 3.63) is 65.5 Å². The maximum absolute atomic E-state index is 10.2. The minimum atomic E-state index is -0.942. The van der Waals surface area contributed by atoms with Crippen LogP contribution in [-0.2, 0) is 0 Å². The molecule has 1 N–H and O–H groups in total. The molecule has 1 heterocycles. The molecule has 2 rings (SSSR count). The Labute approximate surface area is 105 Å². The molecule has 1 aromatic heterocycles. The predicted octanol–water partition coefficient (Wildman–Crippen LogP) is 2.59. The van der Waals surface area contributed by atoms with Crippen molar-refractivity contribution in [2.45, 2.75) is 6.92 Å². The third-order valence-corrected chi connectivity index (χ3v) is 2.22. The first kappa shape index (κ1) is 13.6. The van der Waals surface area contributed by atoms with E-state index in [0.29, 0.717) is 0 Å². The first-order valence-electron chi connectivity index (χ1n) is 5.29. The van der Waals surface area contributed by atoms with Crippen LogP contribution in [-0.4, -0.2) is 22.3 Å². The summed E-state index contributed by atoms with van der Waals surface area (Å²) in [6.45, 7) is 1.92. The van der Waals surface area contributed by atoms with E-state index in [2.05, 4.69) is 4.98 Å². The van der Waals surface area contributed by atoms with E-state index >= 15 is 0 Å². The van der Waals surface area contributed by atoms with Crippen LogP contribution < -0.4 is 0 Å². The molecule has 0 bridgehead atoms. The second-order valence-electron chi connectivity index (χ2n) is 3.52. The molecule has 2 aromatic rings. The van der Waals surface area contributed by atoms with Gasteiger partial charge in [0.2, 0.25) is 0 Å². The first-order valence-corrected chi connectivity index (χ1v) is 5.29. The largest absolute Gasteiger partial charge is 0.478 e. The van der Waals surface area contributed by atoms with Crippen molar-refractivity contribution in [2.24, 2.45) is 0 Å². The standard InChI is InChI=1S/C8H8O.C6H5NO2/c1-7-4-2-3-5-8(7)6-9;8-6(9)5-2-1-3-7-4-5/h2-6H,1H3;1-4H,(H,8,9). The summed E-state index contributed by atoms with van der Waals surface area (Å²) in [5, 5.41) is 8.34. The number of rotatable bonds is 2. The molecule has 0 saturated heterocycles. The molecule has 4 heteroatoms. The van der Waals surface area contributed by atoms with E-state index in [-0.39, 0.29) is 5.56 Å². The Morgan fingerprint density at radius 2 is 1.94 bits per heavy atom. The summed E-state index contributed by atoms with van der Waals surface area (Å²) in [5.74, 6) is -0.942. The van der Waals surface area contributed by atoms with Gasteiger partial charge in [0.25, 0.3) is 0 Å². The molecule has 0 saturated carbocycles. The minimum absolute atomic E-state index is 0.220. The van der Waals surface area contributed by atoms with Crippen molar-refractivity contribution in [3.8, 4) is 0 Å². The Hall–Kier alpha value is -2.49. The minimum Gasteiger partial charge on any atom is -0.478 e. The molecule has 0 atom stereocenters. The molecule has 0 fully saturated rings. The monoisotopic (exact) mass is 243 g/mol. The number of carbonyl (C=O) groups is 2. The normalized spacial score (nSPS) is 8.94. The molecule has 4 nitrogen and oxygen atoms in total. The molecule has 92 valence electrons. The number of aryl methyl sites for hydroxylation is 1. The smallest absolute Gasteiger partial charge is 0.337 e. The SMILES string of the molecule is Cc1ccccc1C=O.O=C(O)c1cccnc1. The number of nitrogens with zero attached hydrogens (tertiary/aromatic N) is 1. The Morgan fingerprint density at radius 3 is 2.33 bits per heavy atom. The van der Waals surface area contributed by atoms with Crippen LogP contribution in [0.25, 0.3) is 0 Å². The van der Waals surface area contributed by atoms with Crippen molar-refractivity contribution < 1.29 is 14.7 Å². The van der Waals surface area contributed by atoms with Gasteiger partial charge in [-0.1, -0.05) is 24.3 Å². The lowest BCUT2D eigenvalue weighted by atomic mass is 10.1. The molecule has 0 spiro atoms. The van der Waals surface area contributed by atoms with E-state index in [9.17, 15) is 9.59 Å². The number of carboxylic acid groups (broad SMARTS) is 1. The van der Waals surface area contributed by atoms with E-state index in [1.807, 2.05) is 31.2 Å². The highest BCUT2D eigenvalue weighted by Gasteiger charge is 1.97. The molecule has 0 aliphatic heterocycles. The second-order valence-corrected chi connectivity index (χ2v) is 3.52. The lowest BCUT2D eigenvalue weighted by molar-refractivity contribution is 0.0696. The molecule has 0 amide bonds. The number of aromatic nitrogens is 1. The van der Waals surface area contributed by atoms with Gasteiger partial charge in [-0.2, -0.15) is 0 Å². The number of carboxylic acids is 1. The van der Waals surface area contributed by atoms with Crippen molar-refractivity contribution >= 4 is 12.3 Å². The van der Waals surface area contributed by atoms with Crippen molar-refractivity contribution in [1.82, 2.24) is 4.98 Å². The molecule has 0 radical (unpaired) electrons. The number of benzene rings is 1. The Balaban J connectivity index is 0.000000180. The number of aromatic carboxylic acids is 1. The number of aldehydes is 1. The summed E-state index contributed by atoms with van der Waals surface area (Å²) in [7, 11) is 0. The zero-order valence-electron chi connectivity index (χ0n) is 9.91. The van der Waals surface area contributed by atoms with Gasteiger partial charge >= 0.3 is 5.97 Å². The number of pyridine rings is 1. The van der Waals surface area contributed by atoms with Crippen LogP contribution in [0.3, 0.4) is 0 Å². The summed E-state index contributed by atoms with van der Waals surface area (Å²) in [6.07, 6.45) is 3.71. The fourth-order valence-electron chi connectivity index (χ4n) is 1.21. The summed E-state index contributed by atoms with van der Waals surface area (Å²) < 4.78 is 0. The van der Waals surface area contributed by atoms with E-state index in [1.54, 1.807) is 6.07 Å². The Kier molecular flexibility index (Phi) is 5.25. The highest BCUT2D eigenvalue weighted by molar-refractivity contribution is 5.86. The lowest BCUT2D eigenvalue weighted by Gasteiger charge is -1.92. The van der Waals surface area contributed by atoms with Crippen LogP contribution in [0, 0.1) is 6.92 Å². The van der Waals surface area contributed by atoms with Crippen molar-refractivity contribution in [2.75, 3.05) is 0 Å². The maximum atomic E-state index is 10.2. The van der Waals surface area contributed by atoms with Gasteiger partial charge in [0.15, 0.2) is 0 Å². The maximum Gasteiger partial charge on any atom is 0.337 e. The van der Waals surface area contributed by atoms with Gasteiger partial charge in [-0.3, -0.25) is 9.78 Å². The molecular weight excluding hydrogens is 230 g/mol. The van der Waals surface area contributed by atoms with Gasteiger partial charge in [-0.15, -0.1) is 0 Å². The quantitative estimate of drug-likeness (QED) is 0.823. The van der Waals surface area contributed by atoms with Crippen LogP contribution in [0.1, 0.15) is 26.3 Å². The molecule has 1 aromatic carbocycles. The van der Waals surface area contributed by atoms with Gasteiger partial charge in [0.05, 0.1) is 5.56 Å². The average molecular weight is 243 g/mol. The van der Waals surface area contributed by atoms with E-state index in [1.165, 1.54) is 18.5 Å². The Morgan fingerprint density at radius 1 is 1.22 bits per heavy atom. The number of carbonyl (C=O) groups excluding carboxylic acids is 1. The highest BCUT2D eigenvalue weighted by atomic mass is 16.4. The molecular formula is C14H13NO3. The topological polar surface area (TPSA) is 67.3 Å². The lowest BCUT2D eigenvalue weighted by Crippen LogP contribution is -1.94. The average Bonchev–Trinajstić information content (AvgIpc) is 2.41. The van der Waals surface area contributed by atoms with Gasteiger partial charge < -0.3 is 5.11 Å². The third kappa shape index (κ3) is 4.17. The van der Waals surface area contributed by atoms with E-state index in [4.69, 9.17) is 5.11 Å². The summed E-state index contributed by atoms with van der Waals surface area (Å²) in [4.78, 5) is 24.0. The zero-order chi connectivity index (χ0) is 13.4. The van der Waals surface area contributed by atoms with Crippen LogP contribution in [0.15, 0.2) is 48.8 Å². The Bertz CT molecular complexity index is 524. The predicted molar refractivity (Wildman–Crippen MR) is 67.8 cm³/mol. The fraction of sp³-hybridized carbons (Fsp3) is 0.0714. The zero-order valence-corrected chi connectivity index (χ0v) is 9.91. The number of hydrogen-bond acceptors (Lipinski definition) is 3. The van der Waals surface area contributed by atoms with Crippen LogP contribution >= 0.6 is 0 Å². The van der Waals surface area contributed by atoms with E-state index in [0.717, 1.165) is 17.4 Å². The fourth-order valence-corrected chi connectivity index (χ4v) is 1.21.